The Morgan fingerprint density at radius 1 is 1.38 bits per heavy atom. The molecule has 0 saturated heterocycles. The first-order valence-corrected chi connectivity index (χ1v) is 5.54. The van der Waals surface area contributed by atoms with Gasteiger partial charge in [0, 0.05) is 5.92 Å². The Bertz CT molecular complexity index is 400. The van der Waals surface area contributed by atoms with E-state index in [9.17, 15) is 4.79 Å². The highest BCUT2D eigenvalue weighted by Crippen LogP contribution is 2.31. The number of hydrogen-bond acceptors (Lipinski definition) is 4. The molecule has 1 aromatic rings. The summed E-state index contributed by atoms with van der Waals surface area (Å²) in [7, 11) is 0. The van der Waals surface area contributed by atoms with E-state index in [0.717, 1.165) is 18.5 Å². The maximum atomic E-state index is 10.9. The van der Waals surface area contributed by atoms with Gasteiger partial charge in [-0.25, -0.2) is 14.8 Å². The third kappa shape index (κ3) is 2.13. The van der Waals surface area contributed by atoms with Gasteiger partial charge in [0.15, 0.2) is 11.5 Å². The Kier molecular flexibility index (Phi) is 3.03. The number of nitrogens with two attached hydrogens (primary N) is 1. The fourth-order valence-corrected chi connectivity index (χ4v) is 2.16. The summed E-state index contributed by atoms with van der Waals surface area (Å²) >= 11 is 0. The van der Waals surface area contributed by atoms with Crippen LogP contribution in [0.2, 0.25) is 0 Å². The first kappa shape index (κ1) is 10.9. The van der Waals surface area contributed by atoms with Crippen molar-refractivity contribution in [2.75, 3.05) is 5.73 Å². The quantitative estimate of drug-likeness (QED) is 0.794. The molecule has 2 rings (SSSR count). The molecular weight excluding hydrogens is 206 g/mol. The van der Waals surface area contributed by atoms with Crippen LogP contribution in [0.4, 0.5) is 5.82 Å². The summed E-state index contributed by atoms with van der Waals surface area (Å²) in [6.45, 7) is 0. The van der Waals surface area contributed by atoms with Crippen LogP contribution in [0.25, 0.3) is 0 Å². The smallest absolute Gasteiger partial charge is 0.358 e. The van der Waals surface area contributed by atoms with Gasteiger partial charge < -0.3 is 10.8 Å². The van der Waals surface area contributed by atoms with E-state index < -0.39 is 5.97 Å². The third-order valence-corrected chi connectivity index (χ3v) is 3.05. The zero-order chi connectivity index (χ0) is 11.5. The molecule has 0 aromatic carbocycles. The second-order valence-electron chi connectivity index (χ2n) is 4.17. The number of carboxylic acid groups (broad SMARTS) is 1. The van der Waals surface area contributed by atoms with Gasteiger partial charge in [-0.2, -0.15) is 0 Å². The minimum absolute atomic E-state index is 0.00735. The summed E-state index contributed by atoms with van der Waals surface area (Å²) in [4.78, 5) is 18.9. The van der Waals surface area contributed by atoms with E-state index in [0.29, 0.717) is 5.92 Å². The average molecular weight is 221 g/mol. The first-order valence-electron chi connectivity index (χ1n) is 5.54. The third-order valence-electron chi connectivity index (χ3n) is 3.05. The van der Waals surface area contributed by atoms with Gasteiger partial charge in [-0.3, -0.25) is 0 Å². The predicted molar refractivity (Wildman–Crippen MR) is 59.2 cm³/mol. The van der Waals surface area contributed by atoms with Crippen LogP contribution in [0.1, 0.15) is 54.2 Å². The maximum Gasteiger partial charge on any atom is 0.358 e. The molecule has 0 unspecified atom stereocenters. The summed E-state index contributed by atoms with van der Waals surface area (Å²) in [6.07, 6.45) is 7.36. The van der Waals surface area contributed by atoms with Crippen molar-refractivity contribution in [1.29, 1.82) is 0 Å². The monoisotopic (exact) mass is 221 g/mol. The van der Waals surface area contributed by atoms with Gasteiger partial charge in [-0.15, -0.1) is 0 Å². The van der Waals surface area contributed by atoms with Crippen molar-refractivity contribution in [2.45, 2.75) is 38.0 Å². The van der Waals surface area contributed by atoms with Crippen molar-refractivity contribution in [1.82, 2.24) is 9.97 Å². The molecule has 1 fully saturated rings. The molecule has 5 heteroatoms. The van der Waals surface area contributed by atoms with Crippen molar-refractivity contribution in [2.24, 2.45) is 0 Å². The van der Waals surface area contributed by atoms with Crippen LogP contribution in [-0.4, -0.2) is 21.0 Å². The fraction of sp³-hybridized carbons (Fsp3) is 0.545. The van der Waals surface area contributed by atoms with Gasteiger partial charge in [0.25, 0.3) is 0 Å². The number of anilines is 1. The molecule has 0 radical (unpaired) electrons. The van der Waals surface area contributed by atoms with E-state index >= 15 is 0 Å². The van der Waals surface area contributed by atoms with Gasteiger partial charge in [0.2, 0.25) is 0 Å². The van der Waals surface area contributed by atoms with Gasteiger partial charge in [0.1, 0.15) is 0 Å². The van der Waals surface area contributed by atoms with Crippen LogP contribution >= 0.6 is 0 Å². The van der Waals surface area contributed by atoms with Crippen LogP contribution < -0.4 is 5.73 Å². The van der Waals surface area contributed by atoms with Crippen molar-refractivity contribution < 1.29 is 9.90 Å². The van der Waals surface area contributed by atoms with E-state index in [2.05, 4.69) is 9.97 Å². The van der Waals surface area contributed by atoms with Crippen molar-refractivity contribution in [3.63, 3.8) is 0 Å². The van der Waals surface area contributed by atoms with Gasteiger partial charge in [-0.05, 0) is 12.8 Å². The summed E-state index contributed by atoms with van der Waals surface area (Å²) in [5, 5.41) is 8.91. The Morgan fingerprint density at radius 2 is 2.06 bits per heavy atom. The average Bonchev–Trinajstić information content (AvgIpc) is 2.30. The van der Waals surface area contributed by atoms with E-state index in [4.69, 9.17) is 10.8 Å². The molecule has 0 amide bonds. The Balaban J connectivity index is 2.27. The normalized spacial score (nSPS) is 17.2. The SMILES string of the molecule is Nc1ncc(C2CCCCC2)nc1C(=O)O. The molecule has 1 aliphatic carbocycles. The molecule has 1 aromatic heterocycles. The van der Waals surface area contributed by atoms with Crippen LogP contribution in [0.15, 0.2) is 6.20 Å². The minimum atomic E-state index is -1.11. The molecule has 3 N–H and O–H groups in total. The number of aromatic carboxylic acids is 1. The molecule has 16 heavy (non-hydrogen) atoms. The Labute approximate surface area is 93.7 Å². The van der Waals surface area contributed by atoms with E-state index in [-0.39, 0.29) is 11.5 Å². The van der Waals surface area contributed by atoms with Crippen molar-refractivity contribution >= 4 is 11.8 Å². The topological polar surface area (TPSA) is 89.1 Å². The second kappa shape index (κ2) is 4.47. The predicted octanol–water partition coefficient (Wildman–Crippen LogP) is 1.80. The Morgan fingerprint density at radius 3 is 2.69 bits per heavy atom. The van der Waals surface area contributed by atoms with Crippen molar-refractivity contribution in [3.05, 3.63) is 17.6 Å². The highest BCUT2D eigenvalue weighted by Gasteiger charge is 2.20. The lowest BCUT2D eigenvalue weighted by Gasteiger charge is -2.20. The summed E-state index contributed by atoms with van der Waals surface area (Å²) in [5.41, 5.74) is 6.11. The second-order valence-corrected chi connectivity index (χ2v) is 4.17. The summed E-state index contributed by atoms with van der Waals surface area (Å²) < 4.78 is 0. The van der Waals surface area contributed by atoms with E-state index in [1.165, 1.54) is 19.3 Å². The van der Waals surface area contributed by atoms with Crippen LogP contribution in [0.5, 0.6) is 0 Å². The van der Waals surface area contributed by atoms with Gasteiger partial charge in [-0.1, -0.05) is 19.3 Å². The van der Waals surface area contributed by atoms with Gasteiger partial charge >= 0.3 is 5.97 Å². The highest BCUT2D eigenvalue weighted by atomic mass is 16.4. The molecule has 5 nitrogen and oxygen atoms in total. The van der Waals surface area contributed by atoms with E-state index in [1.807, 2.05) is 0 Å². The molecule has 86 valence electrons. The standard InChI is InChI=1S/C11H15N3O2/c12-10-9(11(15)16)14-8(6-13-10)7-4-2-1-3-5-7/h6-7H,1-5H2,(H2,12,13)(H,15,16). The number of carbonyl (C=O) groups is 1. The number of aromatic nitrogens is 2. The molecule has 0 aliphatic heterocycles. The number of rotatable bonds is 2. The molecule has 0 atom stereocenters. The minimum Gasteiger partial charge on any atom is -0.476 e. The number of carboxylic acids is 1. The molecular formula is C11H15N3O2. The summed E-state index contributed by atoms with van der Waals surface area (Å²) in [6, 6.07) is 0. The first-order chi connectivity index (χ1) is 7.68. The van der Waals surface area contributed by atoms with Crippen molar-refractivity contribution in [3.8, 4) is 0 Å². The number of hydrogen-bond donors (Lipinski definition) is 2. The lowest BCUT2D eigenvalue weighted by atomic mass is 9.87. The highest BCUT2D eigenvalue weighted by molar-refractivity contribution is 5.90. The number of nitrogens with zero attached hydrogens (tertiary/aromatic N) is 2. The molecule has 0 bridgehead atoms. The lowest BCUT2D eigenvalue weighted by molar-refractivity contribution is 0.0691. The fourth-order valence-electron chi connectivity index (χ4n) is 2.16. The zero-order valence-corrected chi connectivity index (χ0v) is 9.02. The lowest BCUT2D eigenvalue weighted by Crippen LogP contribution is -2.13. The number of nitrogen functional groups attached to an aromatic ring is 1. The van der Waals surface area contributed by atoms with Gasteiger partial charge in [0.05, 0.1) is 11.9 Å². The van der Waals surface area contributed by atoms with E-state index in [1.54, 1.807) is 6.20 Å². The van der Waals surface area contributed by atoms with Crippen LogP contribution in [0, 0.1) is 0 Å². The molecule has 1 aliphatic rings. The maximum absolute atomic E-state index is 10.9. The Hall–Kier alpha value is -1.65. The van der Waals surface area contributed by atoms with Crippen LogP contribution in [0.3, 0.4) is 0 Å². The largest absolute Gasteiger partial charge is 0.476 e. The zero-order valence-electron chi connectivity index (χ0n) is 9.02. The van der Waals surface area contributed by atoms with Crippen LogP contribution in [-0.2, 0) is 0 Å². The molecule has 0 spiro atoms. The molecule has 1 heterocycles. The summed E-state index contributed by atoms with van der Waals surface area (Å²) in [5.74, 6) is -0.769. The molecule has 1 saturated carbocycles.